The van der Waals surface area contributed by atoms with Crippen molar-refractivity contribution in [2.75, 3.05) is 11.9 Å². The predicted molar refractivity (Wildman–Crippen MR) is 99.9 cm³/mol. The molecule has 1 aliphatic heterocycles. The number of carbonyl (C=O) groups is 1. The number of anilines is 1. The normalized spacial score (nSPS) is 17.6. The van der Waals surface area contributed by atoms with E-state index in [2.05, 4.69) is 5.32 Å². The molecular formula is C18H20N2O6S. The molecule has 0 aliphatic carbocycles. The Bertz CT molecular complexity index is 954. The van der Waals surface area contributed by atoms with Crippen molar-refractivity contribution in [3.63, 3.8) is 0 Å². The fraction of sp³-hybridized carbons (Fsp3) is 0.167. The Morgan fingerprint density at radius 3 is 2.48 bits per heavy atom. The van der Waals surface area contributed by atoms with Crippen molar-refractivity contribution in [1.29, 1.82) is 0 Å². The summed E-state index contributed by atoms with van der Waals surface area (Å²) in [6.45, 7) is 2.19. The molecule has 1 aliphatic rings. The van der Waals surface area contributed by atoms with Crippen LogP contribution in [-0.4, -0.2) is 32.6 Å². The number of ketones is 1. The van der Waals surface area contributed by atoms with E-state index in [1.54, 1.807) is 36.4 Å². The summed E-state index contributed by atoms with van der Waals surface area (Å²) in [4.78, 5) is 12.8. The fourth-order valence-electron chi connectivity index (χ4n) is 2.51. The van der Waals surface area contributed by atoms with Crippen LogP contribution in [-0.2, 0) is 14.8 Å². The van der Waals surface area contributed by atoms with Crippen LogP contribution in [0.1, 0.15) is 17.3 Å². The van der Waals surface area contributed by atoms with Gasteiger partial charge >= 0.3 is 0 Å². The number of ether oxygens (including phenoxy) is 2. The number of hydrogen-bond donors (Lipinski definition) is 2. The first-order valence-electron chi connectivity index (χ1n) is 7.91. The fourth-order valence-corrected chi connectivity index (χ4v) is 3.02. The van der Waals surface area contributed by atoms with Gasteiger partial charge in [0, 0.05) is 18.5 Å². The Morgan fingerprint density at radius 2 is 1.85 bits per heavy atom. The average Bonchev–Trinajstić information content (AvgIpc) is 2.61. The Labute approximate surface area is 157 Å². The number of carbonyl (C=O) groups excluding carboxylic acids is 1. The second-order valence-electron chi connectivity index (χ2n) is 5.54. The van der Waals surface area contributed by atoms with Crippen molar-refractivity contribution >= 4 is 21.5 Å². The molecule has 0 fully saturated rings. The minimum Gasteiger partial charge on any atom is -0.460 e. The second-order valence-corrected chi connectivity index (χ2v) is 7.11. The summed E-state index contributed by atoms with van der Waals surface area (Å²) >= 11 is 0. The third-order valence-corrected chi connectivity index (χ3v) is 4.71. The molecule has 5 N–H and O–H groups in total. The Hall–Kier alpha value is -2.72. The summed E-state index contributed by atoms with van der Waals surface area (Å²) in [5, 5.41) is 8.04. The number of Topliss-reactive ketones (excluding diaryl/α,β-unsaturated/α-hetero) is 1. The zero-order valence-corrected chi connectivity index (χ0v) is 15.3. The van der Waals surface area contributed by atoms with Gasteiger partial charge in [-0.15, -0.1) is 0 Å². The van der Waals surface area contributed by atoms with Crippen LogP contribution in [0.5, 0.6) is 5.75 Å². The third kappa shape index (κ3) is 4.52. The molecule has 1 heterocycles. The van der Waals surface area contributed by atoms with Gasteiger partial charge in [-0.25, -0.2) is 13.6 Å². The number of benzene rings is 2. The quantitative estimate of drug-likeness (QED) is 0.738. The van der Waals surface area contributed by atoms with Gasteiger partial charge in [0.1, 0.15) is 5.75 Å². The van der Waals surface area contributed by atoms with Crippen LogP contribution in [0.2, 0.25) is 0 Å². The van der Waals surface area contributed by atoms with Crippen LogP contribution in [0.15, 0.2) is 65.2 Å². The van der Waals surface area contributed by atoms with E-state index in [0.29, 0.717) is 29.2 Å². The zero-order valence-electron chi connectivity index (χ0n) is 14.5. The summed E-state index contributed by atoms with van der Waals surface area (Å²) in [5.74, 6) is 0.282. The van der Waals surface area contributed by atoms with Gasteiger partial charge in [0.05, 0.1) is 16.0 Å². The second kappa shape index (κ2) is 8.31. The largest absolute Gasteiger partial charge is 0.460 e. The minimum atomic E-state index is -3.75. The third-order valence-electron chi connectivity index (χ3n) is 3.78. The van der Waals surface area contributed by atoms with Gasteiger partial charge < -0.3 is 20.3 Å². The highest BCUT2D eigenvalue weighted by Gasteiger charge is 2.32. The summed E-state index contributed by atoms with van der Waals surface area (Å²) in [5.41, 5.74) is 1.37. The van der Waals surface area contributed by atoms with E-state index in [1.807, 2.05) is 6.92 Å². The highest BCUT2D eigenvalue weighted by molar-refractivity contribution is 7.89. The smallest absolute Gasteiger partial charge is 0.238 e. The lowest BCUT2D eigenvalue weighted by Gasteiger charge is -2.27. The first-order chi connectivity index (χ1) is 12.4. The standard InChI is InChI=1S/C18H18N2O5S.H2O/c1-2-24-18-15(17(21)14-5-3-4-6-16(14)25-18)11-20-12-7-9-13(10-8-12)26(19,22)23;/h3-11,18,20H,2H2,1H3,(H2,19,22,23);1H2/b15-11+;/t18-;/m0./s1. The number of rotatable bonds is 5. The summed E-state index contributed by atoms with van der Waals surface area (Å²) in [6.07, 6.45) is 0.684. The van der Waals surface area contributed by atoms with Gasteiger partial charge in [-0.05, 0) is 43.3 Å². The molecule has 2 aromatic carbocycles. The molecule has 0 bridgehead atoms. The van der Waals surface area contributed by atoms with Crippen LogP contribution in [0.25, 0.3) is 0 Å². The SMILES string of the molecule is CCO[C@H]1Oc2ccccc2C(=O)/C1=C\Nc1ccc(S(N)(=O)=O)cc1.O. The molecule has 0 saturated carbocycles. The molecule has 144 valence electrons. The highest BCUT2D eigenvalue weighted by Crippen LogP contribution is 2.31. The molecule has 9 heteroatoms. The topological polar surface area (TPSA) is 139 Å². The van der Waals surface area contributed by atoms with Crippen LogP contribution in [0.3, 0.4) is 0 Å². The Kier molecular flexibility index (Phi) is 6.34. The maximum Gasteiger partial charge on any atom is 0.238 e. The molecule has 0 unspecified atom stereocenters. The number of hydrogen-bond acceptors (Lipinski definition) is 6. The van der Waals surface area contributed by atoms with Gasteiger partial charge in [0.15, 0.2) is 5.78 Å². The van der Waals surface area contributed by atoms with E-state index in [0.717, 1.165) is 0 Å². The molecular weight excluding hydrogens is 372 g/mol. The Balaban J connectivity index is 0.00000261. The molecule has 0 aromatic heterocycles. The first-order valence-corrected chi connectivity index (χ1v) is 9.46. The number of primary sulfonamides is 1. The van der Waals surface area contributed by atoms with Crippen molar-refractivity contribution in [3.8, 4) is 5.75 Å². The summed E-state index contributed by atoms with van der Waals surface area (Å²) in [6, 6.07) is 12.8. The minimum absolute atomic E-state index is 0. The molecule has 27 heavy (non-hydrogen) atoms. The lowest BCUT2D eigenvalue weighted by molar-refractivity contribution is -0.0509. The molecule has 2 aromatic rings. The van der Waals surface area contributed by atoms with Crippen LogP contribution in [0, 0.1) is 0 Å². The van der Waals surface area contributed by atoms with Gasteiger partial charge in [-0.1, -0.05) is 12.1 Å². The molecule has 0 radical (unpaired) electrons. The Morgan fingerprint density at radius 1 is 1.19 bits per heavy atom. The number of nitrogens with one attached hydrogen (secondary N) is 1. The monoisotopic (exact) mass is 392 g/mol. The van der Waals surface area contributed by atoms with Crippen molar-refractivity contribution in [2.24, 2.45) is 5.14 Å². The van der Waals surface area contributed by atoms with Crippen molar-refractivity contribution in [2.45, 2.75) is 18.1 Å². The predicted octanol–water partition coefficient (Wildman–Crippen LogP) is 1.44. The van der Waals surface area contributed by atoms with Crippen molar-refractivity contribution in [3.05, 3.63) is 65.9 Å². The number of nitrogens with two attached hydrogens (primary N) is 1. The van der Waals surface area contributed by atoms with Crippen LogP contribution >= 0.6 is 0 Å². The molecule has 3 rings (SSSR count). The lowest BCUT2D eigenvalue weighted by Crippen LogP contribution is -2.33. The molecule has 8 nitrogen and oxygen atoms in total. The molecule has 1 atom stereocenters. The lowest BCUT2D eigenvalue weighted by atomic mass is 10.00. The summed E-state index contributed by atoms with van der Waals surface area (Å²) in [7, 11) is -3.75. The van der Waals surface area contributed by atoms with Crippen LogP contribution in [0.4, 0.5) is 5.69 Å². The van der Waals surface area contributed by atoms with E-state index >= 15 is 0 Å². The van der Waals surface area contributed by atoms with Gasteiger partial charge in [-0.3, -0.25) is 4.79 Å². The first kappa shape index (κ1) is 20.6. The molecule has 0 amide bonds. The van der Waals surface area contributed by atoms with E-state index in [-0.39, 0.29) is 16.2 Å². The van der Waals surface area contributed by atoms with Gasteiger partial charge in [0.2, 0.25) is 16.3 Å². The van der Waals surface area contributed by atoms with E-state index in [4.69, 9.17) is 14.6 Å². The van der Waals surface area contributed by atoms with E-state index in [1.165, 1.54) is 18.3 Å². The van der Waals surface area contributed by atoms with Crippen molar-refractivity contribution in [1.82, 2.24) is 0 Å². The van der Waals surface area contributed by atoms with Gasteiger partial charge in [0.25, 0.3) is 0 Å². The van der Waals surface area contributed by atoms with Crippen LogP contribution < -0.4 is 15.2 Å². The maximum absolute atomic E-state index is 12.7. The number of fused-ring (bicyclic) bond motifs is 1. The average molecular weight is 392 g/mol. The van der Waals surface area contributed by atoms with Gasteiger partial charge in [-0.2, -0.15) is 0 Å². The molecule has 0 saturated heterocycles. The maximum atomic E-state index is 12.7. The zero-order chi connectivity index (χ0) is 18.7. The number of sulfonamides is 1. The van der Waals surface area contributed by atoms with E-state index in [9.17, 15) is 13.2 Å². The summed E-state index contributed by atoms with van der Waals surface area (Å²) < 4.78 is 33.9. The van der Waals surface area contributed by atoms with E-state index < -0.39 is 16.3 Å². The number of para-hydroxylation sites is 1. The highest BCUT2D eigenvalue weighted by atomic mass is 32.2. The van der Waals surface area contributed by atoms with Crippen molar-refractivity contribution < 1.29 is 28.2 Å². The molecule has 0 spiro atoms.